The highest BCUT2D eigenvalue weighted by atomic mass is 15.3. The fourth-order valence-electron chi connectivity index (χ4n) is 2.38. The number of hydrogen-bond donors (Lipinski definition) is 1. The van der Waals surface area contributed by atoms with Gasteiger partial charge in [-0.05, 0) is 26.3 Å². The Morgan fingerprint density at radius 2 is 1.87 bits per heavy atom. The molecule has 1 aromatic carbocycles. The number of hydrogen-bond acceptors (Lipinski definition) is 5. The lowest BCUT2D eigenvalue weighted by Gasteiger charge is -2.19. The number of nitrogen functional groups attached to an aromatic ring is 1. The molecule has 0 aliphatic rings. The molecule has 116 valence electrons. The zero-order valence-corrected chi connectivity index (χ0v) is 13.1. The van der Waals surface area contributed by atoms with Gasteiger partial charge in [0, 0.05) is 16.2 Å². The van der Waals surface area contributed by atoms with Gasteiger partial charge < -0.3 is 5.73 Å². The van der Waals surface area contributed by atoms with Crippen LogP contribution in [0.1, 0.15) is 20.8 Å². The summed E-state index contributed by atoms with van der Waals surface area (Å²) in [6.07, 6.45) is 1.44. The van der Waals surface area contributed by atoms with E-state index >= 15 is 0 Å². The third-order valence-electron chi connectivity index (χ3n) is 3.43. The van der Waals surface area contributed by atoms with Gasteiger partial charge in [0.15, 0.2) is 5.65 Å². The average molecular weight is 308 g/mol. The molecule has 2 heterocycles. The van der Waals surface area contributed by atoms with Crippen molar-refractivity contribution < 1.29 is 0 Å². The quantitative estimate of drug-likeness (QED) is 0.440. The minimum Gasteiger partial charge on any atom is -0.383 e. The molecule has 0 fully saturated rings. The van der Waals surface area contributed by atoms with E-state index in [1.807, 2.05) is 37.6 Å². The first kappa shape index (κ1) is 14.8. The van der Waals surface area contributed by atoms with E-state index in [9.17, 15) is 0 Å². The Morgan fingerprint density at radius 3 is 2.48 bits per heavy atom. The van der Waals surface area contributed by atoms with Crippen molar-refractivity contribution >= 4 is 22.5 Å². The van der Waals surface area contributed by atoms with E-state index in [4.69, 9.17) is 16.4 Å². The Bertz CT molecular complexity index is 911. The third kappa shape index (κ3) is 2.56. The summed E-state index contributed by atoms with van der Waals surface area (Å²) in [7, 11) is 0. The van der Waals surface area contributed by atoms with Crippen LogP contribution in [0.15, 0.2) is 35.7 Å². The van der Waals surface area contributed by atoms with Crippen LogP contribution < -0.4 is 5.73 Å². The fraction of sp³-hybridized carbons (Fsp3) is 0.267. The van der Waals surface area contributed by atoms with E-state index in [1.165, 1.54) is 6.33 Å². The number of aromatic nitrogens is 4. The summed E-state index contributed by atoms with van der Waals surface area (Å²) in [4.78, 5) is 11.2. The van der Waals surface area contributed by atoms with E-state index in [0.29, 0.717) is 22.8 Å². The highest BCUT2D eigenvalue weighted by Crippen LogP contribution is 2.33. The summed E-state index contributed by atoms with van der Waals surface area (Å²) in [6.45, 7) is 6.14. The van der Waals surface area contributed by atoms with Gasteiger partial charge in [-0.15, -0.1) is 0 Å². The topological polar surface area (TPSA) is 118 Å². The summed E-state index contributed by atoms with van der Waals surface area (Å²) >= 11 is 0. The molecular weight excluding hydrogens is 292 g/mol. The maximum absolute atomic E-state index is 8.49. The summed E-state index contributed by atoms with van der Waals surface area (Å²) < 4.78 is 1.84. The van der Waals surface area contributed by atoms with Crippen molar-refractivity contribution in [1.82, 2.24) is 19.7 Å². The molecule has 2 aromatic heterocycles. The first-order chi connectivity index (χ1) is 10.9. The average Bonchev–Trinajstić information content (AvgIpc) is 2.89. The number of nitrogens with zero attached hydrogens (tertiary/aromatic N) is 7. The van der Waals surface area contributed by atoms with Crippen LogP contribution in [0.25, 0.3) is 32.7 Å². The molecule has 0 amide bonds. The van der Waals surface area contributed by atoms with Gasteiger partial charge in [-0.2, -0.15) is 5.10 Å². The van der Waals surface area contributed by atoms with Crippen LogP contribution in [-0.4, -0.2) is 19.7 Å². The Hall–Kier alpha value is -3.12. The van der Waals surface area contributed by atoms with Gasteiger partial charge in [-0.3, -0.25) is 0 Å². The maximum Gasteiger partial charge on any atom is 0.164 e. The molecule has 3 rings (SSSR count). The van der Waals surface area contributed by atoms with Gasteiger partial charge in [0.2, 0.25) is 0 Å². The largest absolute Gasteiger partial charge is 0.383 e. The fourth-order valence-corrected chi connectivity index (χ4v) is 2.38. The molecule has 8 heteroatoms. The number of anilines is 1. The monoisotopic (exact) mass is 308 g/mol. The maximum atomic E-state index is 8.49. The standard InChI is InChI=1S/C15H16N8/c1-15(2,3)23-14-11(13(16)18-8-19-14)12(21-23)9-4-6-10(7-5-9)20-22-17/h4-8H,1-3H3,(H2,16,18,19). The number of benzene rings is 1. The Balaban J connectivity index is 2.27. The van der Waals surface area contributed by atoms with Crippen LogP contribution in [0.2, 0.25) is 0 Å². The molecule has 0 unspecified atom stereocenters. The molecule has 8 nitrogen and oxygen atoms in total. The first-order valence-electron chi connectivity index (χ1n) is 7.07. The molecule has 0 bridgehead atoms. The number of nitrogens with two attached hydrogens (primary N) is 1. The summed E-state index contributed by atoms with van der Waals surface area (Å²) in [5, 5.41) is 8.99. The molecule has 2 N–H and O–H groups in total. The molecule has 0 saturated heterocycles. The van der Waals surface area contributed by atoms with E-state index in [-0.39, 0.29) is 5.54 Å². The van der Waals surface area contributed by atoms with Gasteiger partial charge in [-0.1, -0.05) is 29.4 Å². The van der Waals surface area contributed by atoms with Crippen molar-refractivity contribution in [3.8, 4) is 11.3 Å². The zero-order chi connectivity index (χ0) is 16.6. The number of azide groups is 1. The van der Waals surface area contributed by atoms with Gasteiger partial charge in [0.25, 0.3) is 0 Å². The summed E-state index contributed by atoms with van der Waals surface area (Å²) in [5.74, 6) is 0.389. The van der Waals surface area contributed by atoms with Crippen LogP contribution in [0.3, 0.4) is 0 Å². The van der Waals surface area contributed by atoms with Crippen molar-refractivity contribution in [2.45, 2.75) is 26.3 Å². The van der Waals surface area contributed by atoms with Gasteiger partial charge in [-0.25, -0.2) is 14.6 Å². The molecule has 3 aromatic rings. The second-order valence-electron chi connectivity index (χ2n) is 6.13. The van der Waals surface area contributed by atoms with Crippen LogP contribution in [0, 0.1) is 0 Å². The van der Waals surface area contributed by atoms with E-state index in [0.717, 1.165) is 10.9 Å². The highest BCUT2D eigenvalue weighted by Gasteiger charge is 2.23. The molecule has 0 radical (unpaired) electrons. The minimum atomic E-state index is -0.248. The van der Waals surface area contributed by atoms with Crippen molar-refractivity contribution in [2.75, 3.05) is 5.73 Å². The second-order valence-corrected chi connectivity index (χ2v) is 6.13. The predicted molar refractivity (Wildman–Crippen MR) is 89.0 cm³/mol. The van der Waals surface area contributed by atoms with Crippen molar-refractivity contribution in [3.05, 3.63) is 41.0 Å². The number of fused-ring (bicyclic) bond motifs is 1. The number of rotatable bonds is 2. The van der Waals surface area contributed by atoms with Crippen molar-refractivity contribution in [1.29, 1.82) is 0 Å². The van der Waals surface area contributed by atoms with Crippen LogP contribution in [0.4, 0.5) is 11.5 Å². The lowest BCUT2D eigenvalue weighted by Crippen LogP contribution is -2.23. The van der Waals surface area contributed by atoms with Gasteiger partial charge in [0.05, 0.1) is 10.9 Å². The Morgan fingerprint density at radius 1 is 1.17 bits per heavy atom. The van der Waals surface area contributed by atoms with E-state index < -0.39 is 0 Å². The normalized spacial score (nSPS) is 11.4. The molecule has 0 saturated carbocycles. The predicted octanol–water partition coefficient (Wildman–Crippen LogP) is 3.77. The second kappa shape index (κ2) is 5.26. The smallest absolute Gasteiger partial charge is 0.164 e. The van der Waals surface area contributed by atoms with Crippen LogP contribution in [0.5, 0.6) is 0 Å². The Labute approximate surface area is 132 Å². The zero-order valence-electron chi connectivity index (χ0n) is 13.1. The SMILES string of the molecule is CC(C)(C)n1nc(-c2ccc(N=[N+]=[N-])cc2)c2c(N)ncnc21. The minimum absolute atomic E-state index is 0.248. The van der Waals surface area contributed by atoms with Crippen molar-refractivity contribution in [3.63, 3.8) is 0 Å². The molecule has 0 atom stereocenters. The molecule has 0 aliphatic carbocycles. The molecular formula is C15H16N8. The van der Waals surface area contributed by atoms with Crippen LogP contribution >= 0.6 is 0 Å². The summed E-state index contributed by atoms with van der Waals surface area (Å²) in [5.41, 5.74) is 17.1. The lowest BCUT2D eigenvalue weighted by molar-refractivity contribution is 0.367. The lowest BCUT2D eigenvalue weighted by atomic mass is 10.1. The van der Waals surface area contributed by atoms with E-state index in [2.05, 4.69) is 20.0 Å². The Kier molecular flexibility index (Phi) is 3.38. The van der Waals surface area contributed by atoms with Gasteiger partial charge >= 0.3 is 0 Å². The van der Waals surface area contributed by atoms with Crippen LogP contribution in [-0.2, 0) is 5.54 Å². The van der Waals surface area contributed by atoms with Crippen molar-refractivity contribution in [2.24, 2.45) is 5.11 Å². The van der Waals surface area contributed by atoms with E-state index in [1.54, 1.807) is 12.1 Å². The molecule has 23 heavy (non-hydrogen) atoms. The highest BCUT2D eigenvalue weighted by molar-refractivity contribution is 5.98. The summed E-state index contributed by atoms with van der Waals surface area (Å²) in [6, 6.07) is 7.14. The first-order valence-corrected chi connectivity index (χ1v) is 7.07. The third-order valence-corrected chi connectivity index (χ3v) is 3.43. The molecule has 0 spiro atoms. The molecule has 0 aliphatic heterocycles. The van der Waals surface area contributed by atoms with Gasteiger partial charge in [0.1, 0.15) is 17.8 Å².